The van der Waals surface area contributed by atoms with Gasteiger partial charge in [0.1, 0.15) is 6.10 Å². The number of aromatic nitrogens is 2. The van der Waals surface area contributed by atoms with E-state index < -0.39 is 6.10 Å². The highest BCUT2D eigenvalue weighted by Gasteiger charge is 2.38. The lowest BCUT2D eigenvalue weighted by molar-refractivity contribution is -0.129. The Kier molecular flexibility index (Phi) is 4.57. The van der Waals surface area contributed by atoms with Crippen molar-refractivity contribution in [3.05, 3.63) is 24.0 Å². The molecule has 1 aliphatic carbocycles. The van der Waals surface area contributed by atoms with Crippen LogP contribution in [-0.2, 0) is 16.6 Å². The van der Waals surface area contributed by atoms with Crippen LogP contribution < -0.4 is 0 Å². The molecule has 1 aliphatic rings. The third-order valence-electron chi connectivity index (χ3n) is 3.93. The van der Waals surface area contributed by atoms with Gasteiger partial charge in [-0.05, 0) is 25.0 Å². The molecule has 0 aromatic carbocycles. The van der Waals surface area contributed by atoms with Gasteiger partial charge in [-0.2, -0.15) is 5.10 Å². The molecule has 3 atom stereocenters. The highest BCUT2D eigenvalue weighted by Crippen LogP contribution is 2.26. The third kappa shape index (κ3) is 2.91. The van der Waals surface area contributed by atoms with Gasteiger partial charge in [0.2, 0.25) is 5.91 Å². The number of hydrogen-bond donors (Lipinski definition) is 1. The molecule has 2 rings (SSSR count). The Bertz CT molecular complexity index is 498. The first-order valence-corrected chi connectivity index (χ1v) is 6.68. The average molecular weight is 279 g/mol. The predicted octanol–water partition coefficient (Wildman–Crippen LogP) is 0.430. The minimum Gasteiger partial charge on any atom is -0.388 e. The van der Waals surface area contributed by atoms with Crippen LogP contribution in [-0.4, -0.2) is 58.1 Å². The molecule has 6 nitrogen and oxygen atoms in total. The number of aliphatic hydroxyl groups is 1. The van der Waals surface area contributed by atoms with Crippen molar-refractivity contribution < 1.29 is 14.6 Å². The van der Waals surface area contributed by atoms with E-state index in [4.69, 9.17) is 4.74 Å². The lowest BCUT2D eigenvalue weighted by Gasteiger charge is -2.27. The van der Waals surface area contributed by atoms with Crippen molar-refractivity contribution in [2.75, 3.05) is 14.2 Å². The number of aliphatic hydroxyl groups excluding tert-OH is 1. The number of carbonyl (C=O) groups is 1. The Morgan fingerprint density at radius 2 is 2.35 bits per heavy atom. The summed E-state index contributed by atoms with van der Waals surface area (Å²) in [6.45, 7) is 0. The standard InChI is InChI=1S/C14H21N3O3/c1-16(11-5-6-12(20-3)14(11)19)13(18)7-4-10-8-9-15-17(10)2/h4,7-9,11-12,14,19H,5-6H2,1-3H3/b7-4+/t11-,12-,14-/m1/s1. The Hall–Kier alpha value is -1.66. The first-order chi connectivity index (χ1) is 9.54. The fourth-order valence-electron chi connectivity index (χ4n) is 2.59. The molecule has 110 valence electrons. The normalized spacial score (nSPS) is 26.3. The minimum absolute atomic E-state index is 0.132. The van der Waals surface area contributed by atoms with E-state index in [1.54, 1.807) is 36.0 Å². The molecule has 20 heavy (non-hydrogen) atoms. The summed E-state index contributed by atoms with van der Waals surface area (Å²) in [4.78, 5) is 13.7. The number of amides is 1. The van der Waals surface area contributed by atoms with Crippen molar-refractivity contribution in [1.29, 1.82) is 0 Å². The summed E-state index contributed by atoms with van der Waals surface area (Å²) in [5, 5.41) is 14.1. The van der Waals surface area contributed by atoms with Crippen molar-refractivity contribution in [3.8, 4) is 0 Å². The zero-order valence-electron chi connectivity index (χ0n) is 12.1. The number of hydrogen-bond acceptors (Lipinski definition) is 4. The summed E-state index contributed by atoms with van der Waals surface area (Å²) < 4.78 is 6.89. The van der Waals surface area contributed by atoms with Crippen LogP contribution in [0.1, 0.15) is 18.5 Å². The first kappa shape index (κ1) is 14.7. The number of nitrogens with zero attached hydrogens (tertiary/aromatic N) is 3. The van der Waals surface area contributed by atoms with Crippen LogP contribution in [0.15, 0.2) is 18.3 Å². The number of rotatable bonds is 4. The molecule has 0 spiro atoms. The number of likely N-dealkylation sites (N-methyl/N-ethyl adjacent to an activating group) is 1. The molecular weight excluding hydrogens is 258 g/mol. The topological polar surface area (TPSA) is 67.6 Å². The molecule has 1 aromatic heterocycles. The molecule has 0 saturated heterocycles. The summed E-state index contributed by atoms with van der Waals surface area (Å²) in [5.74, 6) is -0.132. The van der Waals surface area contributed by atoms with Crippen LogP contribution in [0.25, 0.3) is 6.08 Å². The highest BCUT2D eigenvalue weighted by atomic mass is 16.5. The van der Waals surface area contributed by atoms with Gasteiger partial charge in [-0.3, -0.25) is 9.48 Å². The molecule has 1 fully saturated rings. The van der Waals surface area contributed by atoms with Crippen molar-refractivity contribution >= 4 is 12.0 Å². The smallest absolute Gasteiger partial charge is 0.246 e. The van der Waals surface area contributed by atoms with Crippen LogP contribution in [0.2, 0.25) is 0 Å². The molecule has 0 unspecified atom stereocenters. The van der Waals surface area contributed by atoms with Gasteiger partial charge in [0.05, 0.1) is 17.8 Å². The van der Waals surface area contributed by atoms with Crippen LogP contribution >= 0.6 is 0 Å². The summed E-state index contributed by atoms with van der Waals surface area (Å²) >= 11 is 0. The fourth-order valence-corrected chi connectivity index (χ4v) is 2.59. The van der Waals surface area contributed by atoms with E-state index in [1.807, 2.05) is 13.1 Å². The number of methoxy groups -OCH3 is 1. The van der Waals surface area contributed by atoms with Crippen molar-refractivity contribution in [1.82, 2.24) is 14.7 Å². The van der Waals surface area contributed by atoms with Crippen LogP contribution in [0.4, 0.5) is 0 Å². The first-order valence-electron chi connectivity index (χ1n) is 6.68. The van der Waals surface area contributed by atoms with Gasteiger partial charge in [-0.15, -0.1) is 0 Å². The second-order valence-electron chi connectivity index (χ2n) is 5.07. The van der Waals surface area contributed by atoms with Gasteiger partial charge in [0, 0.05) is 33.5 Å². The zero-order valence-corrected chi connectivity index (χ0v) is 12.1. The molecule has 1 aromatic rings. The number of ether oxygens (including phenoxy) is 1. The van der Waals surface area contributed by atoms with E-state index in [0.29, 0.717) is 0 Å². The number of aryl methyl sites for hydroxylation is 1. The SMILES string of the molecule is CO[C@@H]1CC[C@@H](N(C)C(=O)/C=C/c2ccnn2C)[C@H]1O. The van der Waals surface area contributed by atoms with Crippen molar-refractivity contribution in [2.45, 2.75) is 31.1 Å². The lowest BCUT2D eigenvalue weighted by Crippen LogP contribution is -2.44. The quantitative estimate of drug-likeness (QED) is 0.812. The molecule has 1 N–H and O–H groups in total. The van der Waals surface area contributed by atoms with E-state index in [2.05, 4.69) is 5.10 Å². The molecule has 0 radical (unpaired) electrons. The Morgan fingerprint density at radius 3 is 2.90 bits per heavy atom. The molecule has 6 heteroatoms. The van der Waals surface area contributed by atoms with Crippen LogP contribution in [0, 0.1) is 0 Å². The van der Waals surface area contributed by atoms with Crippen LogP contribution in [0.5, 0.6) is 0 Å². The third-order valence-corrected chi connectivity index (χ3v) is 3.93. The van der Waals surface area contributed by atoms with Gasteiger partial charge in [-0.25, -0.2) is 0 Å². The van der Waals surface area contributed by atoms with E-state index in [0.717, 1.165) is 18.5 Å². The van der Waals surface area contributed by atoms with Gasteiger partial charge in [-0.1, -0.05) is 0 Å². The Labute approximate surface area is 118 Å². The van der Waals surface area contributed by atoms with Crippen LogP contribution in [0.3, 0.4) is 0 Å². The lowest BCUT2D eigenvalue weighted by atomic mass is 10.1. The fraction of sp³-hybridized carbons (Fsp3) is 0.571. The largest absolute Gasteiger partial charge is 0.388 e. The highest BCUT2D eigenvalue weighted by molar-refractivity contribution is 5.91. The Balaban J connectivity index is 1.99. The maximum atomic E-state index is 12.1. The molecular formula is C14H21N3O3. The summed E-state index contributed by atoms with van der Waals surface area (Å²) in [6, 6.07) is 1.64. The maximum absolute atomic E-state index is 12.1. The minimum atomic E-state index is -0.626. The molecule has 1 amide bonds. The summed E-state index contributed by atoms with van der Waals surface area (Å²) in [5.41, 5.74) is 0.855. The monoisotopic (exact) mass is 279 g/mol. The van der Waals surface area contributed by atoms with E-state index in [-0.39, 0.29) is 18.1 Å². The summed E-state index contributed by atoms with van der Waals surface area (Å²) in [7, 11) is 5.11. The molecule has 1 saturated carbocycles. The van der Waals surface area contributed by atoms with E-state index >= 15 is 0 Å². The predicted molar refractivity (Wildman–Crippen MR) is 74.8 cm³/mol. The average Bonchev–Trinajstić information content (AvgIpc) is 3.01. The molecule has 0 bridgehead atoms. The zero-order chi connectivity index (χ0) is 14.7. The van der Waals surface area contributed by atoms with E-state index in [1.165, 1.54) is 6.08 Å². The maximum Gasteiger partial charge on any atom is 0.246 e. The van der Waals surface area contributed by atoms with Crippen molar-refractivity contribution in [2.24, 2.45) is 7.05 Å². The van der Waals surface area contributed by atoms with E-state index in [9.17, 15) is 9.90 Å². The van der Waals surface area contributed by atoms with Gasteiger partial charge >= 0.3 is 0 Å². The Morgan fingerprint density at radius 1 is 1.60 bits per heavy atom. The second-order valence-corrected chi connectivity index (χ2v) is 5.07. The molecule has 1 heterocycles. The second kappa shape index (κ2) is 6.19. The summed E-state index contributed by atoms with van der Waals surface area (Å²) in [6.07, 6.45) is 5.62. The number of carbonyl (C=O) groups excluding carboxylic acids is 1. The van der Waals surface area contributed by atoms with Gasteiger partial charge < -0.3 is 14.7 Å². The van der Waals surface area contributed by atoms with Crippen molar-refractivity contribution in [3.63, 3.8) is 0 Å². The van der Waals surface area contributed by atoms with Gasteiger partial charge in [0.25, 0.3) is 0 Å². The molecule has 0 aliphatic heterocycles. The van der Waals surface area contributed by atoms with Gasteiger partial charge in [0.15, 0.2) is 0 Å².